The predicted molar refractivity (Wildman–Crippen MR) is 106 cm³/mol. The summed E-state index contributed by atoms with van der Waals surface area (Å²) < 4.78 is 0. The molecule has 2 atom stereocenters. The van der Waals surface area contributed by atoms with Crippen molar-refractivity contribution in [2.45, 2.75) is 26.7 Å². The molecule has 1 aliphatic rings. The topological polar surface area (TPSA) is 61.4 Å². The molecule has 7 heteroatoms. The minimum Gasteiger partial charge on any atom is -0.355 e. The van der Waals surface area contributed by atoms with E-state index in [2.05, 4.69) is 29.4 Å². The lowest BCUT2D eigenvalue weighted by atomic mass is 9.92. The van der Waals surface area contributed by atoms with Gasteiger partial charge in [-0.25, -0.2) is 0 Å². The summed E-state index contributed by atoms with van der Waals surface area (Å²) >= 11 is 11.8. The Morgan fingerprint density at radius 1 is 1.15 bits per heavy atom. The number of nitrogens with one attached hydrogen (secondary N) is 2. The number of hydrogen-bond acceptors (Lipinski definition) is 3. The molecule has 1 aromatic carbocycles. The zero-order valence-corrected chi connectivity index (χ0v) is 16.9. The maximum atomic E-state index is 12.1. The molecule has 1 fully saturated rings. The molecule has 1 heterocycles. The van der Waals surface area contributed by atoms with Crippen LogP contribution in [0.2, 0.25) is 10.0 Å². The Kier molecular flexibility index (Phi) is 8.19. The van der Waals surface area contributed by atoms with Crippen molar-refractivity contribution in [3.63, 3.8) is 0 Å². The maximum Gasteiger partial charge on any atom is 0.253 e. The minimum atomic E-state index is -0.391. The molecule has 144 valence electrons. The third-order valence-corrected chi connectivity index (χ3v) is 5.05. The standard InChI is InChI=1S/C19H27Cl2N3O2/c1-13-8-14(2)12-24(11-13)7-3-6-22-18(25)10-23-19(26)16-5-4-15(20)9-17(16)21/h4-5,9,13-14H,3,6-8,10-12H2,1-2H3,(H,22,25)(H,23,26). The lowest BCUT2D eigenvalue weighted by Crippen LogP contribution is -2.41. The fourth-order valence-electron chi connectivity index (χ4n) is 3.50. The zero-order chi connectivity index (χ0) is 19.1. The predicted octanol–water partition coefficient (Wildman–Crippen LogP) is 3.21. The van der Waals surface area contributed by atoms with Crippen LogP contribution < -0.4 is 10.6 Å². The van der Waals surface area contributed by atoms with Crippen LogP contribution in [-0.2, 0) is 4.79 Å². The van der Waals surface area contributed by atoms with Gasteiger partial charge in [0.25, 0.3) is 5.91 Å². The molecule has 0 radical (unpaired) electrons. The van der Waals surface area contributed by atoms with E-state index in [0.717, 1.165) is 37.9 Å². The third kappa shape index (κ3) is 6.78. The quantitative estimate of drug-likeness (QED) is 0.691. The molecule has 0 bridgehead atoms. The third-order valence-electron chi connectivity index (χ3n) is 4.50. The first-order valence-corrected chi connectivity index (χ1v) is 9.83. The van der Waals surface area contributed by atoms with E-state index in [0.29, 0.717) is 17.1 Å². The molecular formula is C19H27Cl2N3O2. The number of nitrogens with zero attached hydrogens (tertiary/aromatic N) is 1. The molecule has 5 nitrogen and oxygen atoms in total. The van der Waals surface area contributed by atoms with Gasteiger partial charge in [-0.2, -0.15) is 0 Å². The first-order chi connectivity index (χ1) is 12.3. The number of rotatable bonds is 7. The van der Waals surface area contributed by atoms with Crippen molar-refractivity contribution >= 4 is 35.0 Å². The SMILES string of the molecule is CC1CC(C)CN(CCCNC(=O)CNC(=O)c2ccc(Cl)cc2Cl)C1. The van der Waals surface area contributed by atoms with Crippen LogP contribution in [0, 0.1) is 11.8 Å². The number of benzene rings is 1. The number of carbonyl (C=O) groups is 2. The van der Waals surface area contributed by atoms with Crippen LogP contribution in [0.3, 0.4) is 0 Å². The molecule has 2 N–H and O–H groups in total. The van der Waals surface area contributed by atoms with E-state index in [1.165, 1.54) is 12.5 Å². The Labute approximate surface area is 165 Å². The summed E-state index contributed by atoms with van der Waals surface area (Å²) in [6.45, 7) is 8.37. The fraction of sp³-hybridized carbons (Fsp3) is 0.579. The second kappa shape index (κ2) is 10.1. The van der Waals surface area contributed by atoms with Crippen molar-refractivity contribution in [3.8, 4) is 0 Å². The van der Waals surface area contributed by atoms with Gasteiger partial charge in [-0.15, -0.1) is 0 Å². The Bertz CT molecular complexity index is 629. The highest BCUT2D eigenvalue weighted by molar-refractivity contribution is 6.36. The highest BCUT2D eigenvalue weighted by Crippen LogP contribution is 2.21. The van der Waals surface area contributed by atoms with Gasteiger partial charge in [-0.05, 0) is 49.4 Å². The fourth-order valence-corrected chi connectivity index (χ4v) is 3.99. The molecule has 0 aliphatic carbocycles. The summed E-state index contributed by atoms with van der Waals surface area (Å²) in [5, 5.41) is 6.14. The van der Waals surface area contributed by atoms with Gasteiger partial charge in [0.2, 0.25) is 5.91 Å². The molecule has 0 saturated carbocycles. The van der Waals surface area contributed by atoms with Crippen molar-refractivity contribution in [2.75, 3.05) is 32.7 Å². The summed E-state index contributed by atoms with van der Waals surface area (Å²) in [5.74, 6) is 0.883. The molecule has 2 unspecified atom stereocenters. The molecule has 26 heavy (non-hydrogen) atoms. The van der Waals surface area contributed by atoms with Gasteiger partial charge in [-0.3, -0.25) is 9.59 Å². The number of amides is 2. The van der Waals surface area contributed by atoms with Crippen LogP contribution >= 0.6 is 23.2 Å². The van der Waals surface area contributed by atoms with Gasteiger partial charge in [0.05, 0.1) is 17.1 Å². The number of carbonyl (C=O) groups excluding carboxylic acids is 2. The molecule has 1 aromatic rings. The first kappa shape index (κ1) is 21.0. The van der Waals surface area contributed by atoms with Crippen molar-refractivity contribution in [1.29, 1.82) is 0 Å². The highest BCUT2D eigenvalue weighted by atomic mass is 35.5. The normalized spacial score (nSPS) is 20.6. The minimum absolute atomic E-state index is 0.0738. The lowest BCUT2D eigenvalue weighted by Gasteiger charge is -2.34. The second-order valence-corrected chi connectivity index (χ2v) is 8.06. The van der Waals surface area contributed by atoms with E-state index in [9.17, 15) is 9.59 Å². The van der Waals surface area contributed by atoms with E-state index in [1.807, 2.05) is 0 Å². The van der Waals surface area contributed by atoms with Crippen LogP contribution in [0.15, 0.2) is 18.2 Å². The van der Waals surface area contributed by atoms with Gasteiger partial charge >= 0.3 is 0 Å². The number of likely N-dealkylation sites (tertiary alicyclic amines) is 1. The summed E-state index contributed by atoms with van der Waals surface area (Å²) in [7, 11) is 0. The molecule has 1 aliphatic heterocycles. The zero-order valence-electron chi connectivity index (χ0n) is 15.4. The largest absolute Gasteiger partial charge is 0.355 e. The Morgan fingerprint density at radius 2 is 1.85 bits per heavy atom. The van der Waals surface area contributed by atoms with Crippen molar-refractivity contribution in [2.24, 2.45) is 11.8 Å². The first-order valence-electron chi connectivity index (χ1n) is 9.07. The van der Waals surface area contributed by atoms with Crippen LogP contribution in [0.25, 0.3) is 0 Å². The van der Waals surface area contributed by atoms with Gasteiger partial charge in [0, 0.05) is 24.7 Å². The molecule has 0 spiro atoms. The van der Waals surface area contributed by atoms with E-state index in [4.69, 9.17) is 23.2 Å². The number of hydrogen-bond donors (Lipinski definition) is 2. The van der Waals surface area contributed by atoms with Crippen molar-refractivity contribution in [1.82, 2.24) is 15.5 Å². The maximum absolute atomic E-state index is 12.1. The monoisotopic (exact) mass is 399 g/mol. The van der Waals surface area contributed by atoms with E-state index in [-0.39, 0.29) is 17.5 Å². The van der Waals surface area contributed by atoms with Crippen LogP contribution in [-0.4, -0.2) is 49.4 Å². The molecular weight excluding hydrogens is 373 g/mol. The summed E-state index contributed by atoms with van der Waals surface area (Å²) in [6, 6.07) is 4.63. The molecule has 1 saturated heterocycles. The van der Waals surface area contributed by atoms with Crippen LogP contribution in [0.1, 0.15) is 37.0 Å². The van der Waals surface area contributed by atoms with E-state index < -0.39 is 5.91 Å². The van der Waals surface area contributed by atoms with Crippen LogP contribution in [0.5, 0.6) is 0 Å². The summed E-state index contributed by atoms with van der Waals surface area (Å²) in [6.07, 6.45) is 2.20. The molecule has 2 rings (SSSR count). The Morgan fingerprint density at radius 3 is 2.50 bits per heavy atom. The number of piperidine rings is 1. The highest BCUT2D eigenvalue weighted by Gasteiger charge is 2.21. The second-order valence-electron chi connectivity index (χ2n) is 7.22. The van der Waals surface area contributed by atoms with Gasteiger partial charge in [0.15, 0.2) is 0 Å². The average Bonchev–Trinajstić information content (AvgIpc) is 2.56. The van der Waals surface area contributed by atoms with Crippen LogP contribution in [0.4, 0.5) is 0 Å². The van der Waals surface area contributed by atoms with Gasteiger partial charge in [-0.1, -0.05) is 37.0 Å². The smallest absolute Gasteiger partial charge is 0.253 e. The molecule has 0 aromatic heterocycles. The average molecular weight is 400 g/mol. The molecule has 2 amide bonds. The van der Waals surface area contributed by atoms with Gasteiger partial charge < -0.3 is 15.5 Å². The van der Waals surface area contributed by atoms with Gasteiger partial charge in [0.1, 0.15) is 0 Å². The summed E-state index contributed by atoms with van der Waals surface area (Å²) in [4.78, 5) is 26.4. The van der Waals surface area contributed by atoms with Crippen molar-refractivity contribution < 1.29 is 9.59 Å². The van der Waals surface area contributed by atoms with E-state index >= 15 is 0 Å². The Hall–Kier alpha value is -1.30. The summed E-state index contributed by atoms with van der Waals surface area (Å²) in [5.41, 5.74) is 0.303. The van der Waals surface area contributed by atoms with Crippen molar-refractivity contribution in [3.05, 3.63) is 33.8 Å². The number of halogens is 2. The van der Waals surface area contributed by atoms with E-state index in [1.54, 1.807) is 12.1 Å². The lowest BCUT2D eigenvalue weighted by molar-refractivity contribution is -0.120. The Balaban J connectivity index is 1.63.